The van der Waals surface area contributed by atoms with E-state index in [0.29, 0.717) is 12.1 Å². The number of likely N-dealkylation sites (N-methyl/N-ethyl adjacent to an activating group) is 1. The van der Waals surface area contributed by atoms with Gasteiger partial charge in [0.25, 0.3) is 0 Å². The Balaban J connectivity index is 2.06. The molecule has 0 aliphatic carbocycles. The van der Waals surface area contributed by atoms with Gasteiger partial charge in [-0.15, -0.1) is 0 Å². The molecule has 0 spiro atoms. The molecule has 0 aromatic carbocycles. The van der Waals surface area contributed by atoms with Crippen molar-refractivity contribution in [1.29, 1.82) is 0 Å². The number of hydrogen-bond acceptors (Lipinski definition) is 5. The summed E-state index contributed by atoms with van der Waals surface area (Å²) in [5, 5.41) is 3.50. The summed E-state index contributed by atoms with van der Waals surface area (Å²) in [7, 11) is 7.77. The Kier molecular flexibility index (Phi) is 4.48. The molecule has 1 N–H and O–H groups in total. The van der Waals surface area contributed by atoms with Crippen molar-refractivity contribution in [2.75, 3.05) is 41.3 Å². The molecule has 2 fully saturated rings. The van der Waals surface area contributed by atoms with Crippen LogP contribution in [0.3, 0.4) is 0 Å². The van der Waals surface area contributed by atoms with Crippen molar-refractivity contribution >= 4 is 5.97 Å². The van der Waals surface area contributed by atoms with Crippen molar-refractivity contribution < 1.29 is 9.53 Å². The van der Waals surface area contributed by atoms with Gasteiger partial charge in [-0.05, 0) is 46.8 Å². The number of nitrogens with zero attached hydrogens (tertiary/aromatic N) is 2. The van der Waals surface area contributed by atoms with Gasteiger partial charge in [-0.2, -0.15) is 0 Å². The van der Waals surface area contributed by atoms with Gasteiger partial charge in [0.05, 0.1) is 7.11 Å². The summed E-state index contributed by atoms with van der Waals surface area (Å²) in [6, 6.07) is 1.04. The van der Waals surface area contributed by atoms with Gasteiger partial charge in [0, 0.05) is 25.2 Å². The van der Waals surface area contributed by atoms with Crippen LogP contribution in [0, 0.1) is 0 Å². The highest BCUT2D eigenvalue weighted by Crippen LogP contribution is 2.40. The molecule has 2 aliphatic heterocycles. The SMILES string of the molecule is COC(=O)C1(NCCN(C)C)CC2CCC(C1)N2C. The van der Waals surface area contributed by atoms with E-state index in [1.54, 1.807) is 0 Å². The van der Waals surface area contributed by atoms with Gasteiger partial charge >= 0.3 is 5.97 Å². The highest BCUT2D eigenvalue weighted by Gasteiger charge is 2.51. The molecule has 0 aromatic heterocycles. The Morgan fingerprint density at radius 3 is 2.42 bits per heavy atom. The van der Waals surface area contributed by atoms with Crippen LogP contribution >= 0.6 is 0 Å². The van der Waals surface area contributed by atoms with Crippen LogP contribution in [-0.4, -0.2) is 74.7 Å². The summed E-state index contributed by atoms with van der Waals surface area (Å²) in [5.74, 6) is -0.0868. The third-order valence-electron chi connectivity index (χ3n) is 4.75. The highest BCUT2D eigenvalue weighted by molar-refractivity contribution is 5.81. The minimum Gasteiger partial charge on any atom is -0.468 e. The van der Waals surface area contributed by atoms with Crippen LogP contribution in [0.15, 0.2) is 0 Å². The second-order valence-electron chi connectivity index (χ2n) is 6.26. The number of methoxy groups -OCH3 is 1. The number of rotatable bonds is 5. The summed E-state index contributed by atoms with van der Waals surface area (Å²) in [4.78, 5) is 16.8. The number of piperidine rings is 1. The fraction of sp³-hybridized carbons (Fsp3) is 0.929. The molecular weight excluding hydrogens is 242 g/mol. The van der Waals surface area contributed by atoms with Gasteiger partial charge in [-0.1, -0.05) is 0 Å². The molecule has 0 aromatic rings. The second-order valence-corrected chi connectivity index (χ2v) is 6.26. The summed E-state index contributed by atoms with van der Waals surface area (Å²) in [6.45, 7) is 1.76. The van der Waals surface area contributed by atoms with Gasteiger partial charge in [-0.25, -0.2) is 0 Å². The van der Waals surface area contributed by atoms with Crippen LogP contribution in [0.5, 0.6) is 0 Å². The molecule has 5 heteroatoms. The Morgan fingerprint density at radius 2 is 1.95 bits per heavy atom. The van der Waals surface area contributed by atoms with Crippen LogP contribution in [0.1, 0.15) is 25.7 Å². The number of carbonyl (C=O) groups is 1. The van der Waals surface area contributed by atoms with Crippen LogP contribution in [0.25, 0.3) is 0 Å². The van der Waals surface area contributed by atoms with E-state index < -0.39 is 5.54 Å². The lowest BCUT2D eigenvalue weighted by atomic mass is 9.83. The largest absolute Gasteiger partial charge is 0.468 e. The zero-order valence-corrected chi connectivity index (χ0v) is 12.6. The van der Waals surface area contributed by atoms with Gasteiger partial charge in [0.15, 0.2) is 0 Å². The minimum absolute atomic E-state index is 0.0868. The average Bonchev–Trinajstić information content (AvgIpc) is 2.61. The first kappa shape index (κ1) is 14.8. The van der Waals surface area contributed by atoms with Gasteiger partial charge in [0.2, 0.25) is 0 Å². The maximum absolute atomic E-state index is 12.3. The Labute approximate surface area is 116 Å². The van der Waals surface area contributed by atoms with E-state index in [-0.39, 0.29) is 5.97 Å². The zero-order chi connectivity index (χ0) is 14.0. The highest BCUT2D eigenvalue weighted by atomic mass is 16.5. The van der Waals surface area contributed by atoms with E-state index in [1.165, 1.54) is 20.0 Å². The normalized spacial score (nSPS) is 34.8. The molecule has 2 atom stereocenters. The summed E-state index contributed by atoms with van der Waals surface area (Å²) in [5.41, 5.74) is -0.469. The smallest absolute Gasteiger partial charge is 0.326 e. The lowest BCUT2D eigenvalue weighted by Gasteiger charge is -2.44. The first-order valence-corrected chi connectivity index (χ1v) is 7.18. The molecule has 2 bridgehead atoms. The Bertz CT molecular complexity index is 319. The molecule has 2 saturated heterocycles. The molecule has 0 radical (unpaired) electrons. The fourth-order valence-electron chi connectivity index (χ4n) is 3.57. The van der Waals surface area contributed by atoms with Crippen molar-refractivity contribution in [3.63, 3.8) is 0 Å². The molecule has 110 valence electrons. The lowest BCUT2D eigenvalue weighted by Crippen LogP contribution is -2.62. The predicted molar refractivity (Wildman–Crippen MR) is 75.1 cm³/mol. The van der Waals surface area contributed by atoms with Crippen molar-refractivity contribution in [2.24, 2.45) is 0 Å². The average molecular weight is 269 g/mol. The number of nitrogens with one attached hydrogen (secondary N) is 1. The van der Waals surface area contributed by atoms with Crippen molar-refractivity contribution in [3.05, 3.63) is 0 Å². The molecule has 2 rings (SSSR count). The number of ether oxygens (including phenoxy) is 1. The number of esters is 1. The molecule has 5 nitrogen and oxygen atoms in total. The maximum Gasteiger partial charge on any atom is 0.326 e. The fourth-order valence-corrected chi connectivity index (χ4v) is 3.57. The summed E-state index contributed by atoms with van der Waals surface area (Å²) >= 11 is 0. The van der Waals surface area contributed by atoms with Crippen molar-refractivity contribution in [3.8, 4) is 0 Å². The van der Waals surface area contributed by atoms with E-state index >= 15 is 0 Å². The molecule has 2 aliphatic rings. The third-order valence-corrected chi connectivity index (χ3v) is 4.75. The van der Waals surface area contributed by atoms with E-state index in [2.05, 4.69) is 22.2 Å². The number of carbonyl (C=O) groups excluding carboxylic acids is 1. The Morgan fingerprint density at radius 1 is 1.37 bits per heavy atom. The second kappa shape index (κ2) is 5.77. The van der Waals surface area contributed by atoms with Gasteiger partial charge in [0.1, 0.15) is 5.54 Å². The Hall–Kier alpha value is -0.650. The predicted octanol–water partition coefficient (Wildman–Crippen LogP) is 0.306. The minimum atomic E-state index is -0.469. The summed E-state index contributed by atoms with van der Waals surface area (Å²) < 4.78 is 5.08. The third kappa shape index (κ3) is 2.93. The van der Waals surface area contributed by atoms with Gasteiger partial charge in [-0.3, -0.25) is 4.79 Å². The number of hydrogen-bond donors (Lipinski definition) is 1. The monoisotopic (exact) mass is 269 g/mol. The van der Waals surface area contributed by atoms with E-state index in [0.717, 1.165) is 25.9 Å². The number of fused-ring (bicyclic) bond motifs is 2. The van der Waals surface area contributed by atoms with E-state index in [9.17, 15) is 4.79 Å². The molecule has 0 saturated carbocycles. The summed E-state index contributed by atoms with van der Waals surface area (Å²) in [6.07, 6.45) is 4.16. The van der Waals surface area contributed by atoms with Crippen LogP contribution in [0.4, 0.5) is 0 Å². The van der Waals surface area contributed by atoms with Crippen molar-refractivity contribution in [1.82, 2.24) is 15.1 Å². The lowest BCUT2D eigenvalue weighted by molar-refractivity contribution is -0.152. The van der Waals surface area contributed by atoms with Crippen LogP contribution in [0.2, 0.25) is 0 Å². The van der Waals surface area contributed by atoms with Crippen LogP contribution < -0.4 is 5.32 Å². The first-order chi connectivity index (χ1) is 8.98. The zero-order valence-electron chi connectivity index (χ0n) is 12.6. The maximum atomic E-state index is 12.3. The molecular formula is C14H27N3O2. The van der Waals surface area contributed by atoms with Crippen molar-refractivity contribution in [2.45, 2.75) is 43.3 Å². The molecule has 2 unspecified atom stereocenters. The van der Waals surface area contributed by atoms with E-state index in [4.69, 9.17) is 4.74 Å². The molecule has 2 heterocycles. The quantitative estimate of drug-likeness (QED) is 0.728. The van der Waals surface area contributed by atoms with Gasteiger partial charge < -0.3 is 19.9 Å². The first-order valence-electron chi connectivity index (χ1n) is 7.18. The molecule has 19 heavy (non-hydrogen) atoms. The van der Waals surface area contributed by atoms with Crippen LogP contribution in [-0.2, 0) is 9.53 Å². The molecule has 0 amide bonds. The topological polar surface area (TPSA) is 44.8 Å². The standard InChI is InChI=1S/C14H27N3O2/c1-16(2)8-7-15-14(13(18)19-4)9-11-5-6-12(10-14)17(11)3/h11-12,15H,5-10H2,1-4H3. The van der Waals surface area contributed by atoms with E-state index in [1.807, 2.05) is 14.1 Å².